The maximum absolute atomic E-state index is 11.5. The maximum Gasteiger partial charge on any atom is 0.316 e. The van der Waals surface area contributed by atoms with Gasteiger partial charge in [-0.3, -0.25) is 4.79 Å². The summed E-state index contributed by atoms with van der Waals surface area (Å²) in [5.41, 5.74) is 0.692. The number of rotatable bonds is 2. The topological polar surface area (TPSA) is 55.3 Å². The smallest absolute Gasteiger partial charge is 0.316 e. The van der Waals surface area contributed by atoms with Crippen LogP contribution in [0.4, 0.5) is 5.69 Å². The molecule has 6 heteroatoms. The summed E-state index contributed by atoms with van der Waals surface area (Å²) in [4.78, 5) is 21.1. The summed E-state index contributed by atoms with van der Waals surface area (Å²) in [5, 5.41) is 0.0969. The molecule has 0 spiro atoms. The predicted octanol–water partition coefficient (Wildman–Crippen LogP) is 0.520. The van der Waals surface area contributed by atoms with E-state index in [0.717, 1.165) is 0 Å². The number of hydrogen-bond acceptors (Lipinski definition) is 5. The molecule has 1 aliphatic rings. The Labute approximate surface area is 92.9 Å². The van der Waals surface area contributed by atoms with E-state index in [1.807, 2.05) is 0 Å². The minimum Gasteiger partial charge on any atom is -0.467 e. The van der Waals surface area contributed by atoms with Crippen molar-refractivity contribution in [2.45, 2.75) is 11.7 Å². The van der Waals surface area contributed by atoms with Gasteiger partial charge in [0.1, 0.15) is 0 Å². The summed E-state index contributed by atoms with van der Waals surface area (Å²) in [6.45, 7) is 0.609. The SMILES string of the molecule is COc1ncc(N2CC(S)CC2=O)cn1. The van der Waals surface area contributed by atoms with Crippen LogP contribution in [0.1, 0.15) is 6.42 Å². The van der Waals surface area contributed by atoms with Gasteiger partial charge in [-0.25, -0.2) is 9.97 Å². The van der Waals surface area contributed by atoms with Crippen LogP contribution in [0, 0.1) is 0 Å². The van der Waals surface area contributed by atoms with Crippen LogP contribution < -0.4 is 9.64 Å². The third-order valence-electron chi connectivity index (χ3n) is 2.21. The number of aromatic nitrogens is 2. The first-order chi connectivity index (χ1) is 7.20. The highest BCUT2D eigenvalue weighted by molar-refractivity contribution is 7.81. The second-order valence-corrected chi connectivity index (χ2v) is 4.02. The molecule has 1 aromatic rings. The number of hydrogen-bond donors (Lipinski definition) is 1. The highest BCUT2D eigenvalue weighted by Crippen LogP contribution is 2.23. The van der Waals surface area contributed by atoms with E-state index in [4.69, 9.17) is 4.74 Å². The van der Waals surface area contributed by atoms with Crippen LogP contribution in [0.15, 0.2) is 12.4 Å². The van der Waals surface area contributed by atoms with Crippen molar-refractivity contribution in [3.8, 4) is 6.01 Å². The van der Waals surface area contributed by atoms with Crippen molar-refractivity contribution >= 4 is 24.2 Å². The standard InChI is InChI=1S/C9H11N3O2S/c1-14-9-10-3-6(4-11-9)12-5-7(15)2-8(12)13/h3-4,7,15H,2,5H2,1H3. The molecule has 1 aromatic heterocycles. The van der Waals surface area contributed by atoms with Crippen LogP contribution in [-0.2, 0) is 4.79 Å². The van der Waals surface area contributed by atoms with Crippen LogP contribution in [0.3, 0.4) is 0 Å². The molecule has 1 amide bonds. The average Bonchev–Trinajstić information content (AvgIpc) is 2.58. The summed E-state index contributed by atoms with van der Waals surface area (Å²) >= 11 is 4.27. The van der Waals surface area contributed by atoms with Crippen molar-refractivity contribution in [3.63, 3.8) is 0 Å². The Morgan fingerprint density at radius 1 is 1.53 bits per heavy atom. The van der Waals surface area contributed by atoms with Gasteiger partial charge in [-0.2, -0.15) is 12.6 Å². The van der Waals surface area contributed by atoms with Crippen LogP contribution in [0.25, 0.3) is 0 Å². The summed E-state index contributed by atoms with van der Waals surface area (Å²) < 4.78 is 4.84. The van der Waals surface area contributed by atoms with Crippen LogP contribution in [0.2, 0.25) is 0 Å². The van der Waals surface area contributed by atoms with Crippen molar-refractivity contribution in [1.82, 2.24) is 9.97 Å². The summed E-state index contributed by atoms with van der Waals surface area (Å²) in [6, 6.07) is 0.299. The second-order valence-electron chi connectivity index (χ2n) is 3.29. The van der Waals surface area contributed by atoms with Gasteiger partial charge in [0.15, 0.2) is 0 Å². The quantitative estimate of drug-likeness (QED) is 0.746. The maximum atomic E-state index is 11.5. The fourth-order valence-corrected chi connectivity index (χ4v) is 1.81. The predicted molar refractivity (Wildman–Crippen MR) is 58.3 cm³/mol. The number of nitrogens with zero attached hydrogens (tertiary/aromatic N) is 3. The Bertz CT molecular complexity index is 368. The van der Waals surface area contributed by atoms with Gasteiger partial charge in [-0.1, -0.05) is 0 Å². The Balaban J connectivity index is 2.19. The first kappa shape index (κ1) is 10.2. The molecule has 0 bridgehead atoms. The van der Waals surface area contributed by atoms with E-state index in [1.54, 1.807) is 17.3 Å². The van der Waals surface area contributed by atoms with Gasteiger partial charge < -0.3 is 9.64 Å². The van der Waals surface area contributed by atoms with Gasteiger partial charge >= 0.3 is 6.01 Å². The lowest BCUT2D eigenvalue weighted by molar-refractivity contribution is -0.117. The molecule has 0 aliphatic carbocycles. The first-order valence-electron chi connectivity index (χ1n) is 4.55. The molecule has 1 saturated heterocycles. The second kappa shape index (κ2) is 4.06. The van der Waals surface area contributed by atoms with Gasteiger partial charge in [-0.15, -0.1) is 0 Å². The molecule has 0 aromatic carbocycles. The number of carbonyl (C=O) groups excluding carboxylic acids is 1. The van der Waals surface area contributed by atoms with Gasteiger partial charge in [0, 0.05) is 18.2 Å². The van der Waals surface area contributed by atoms with Crippen molar-refractivity contribution in [2.24, 2.45) is 0 Å². The molecular formula is C9H11N3O2S. The van der Waals surface area contributed by atoms with Gasteiger partial charge in [0.05, 0.1) is 25.2 Å². The zero-order chi connectivity index (χ0) is 10.8. The summed E-state index contributed by atoms with van der Waals surface area (Å²) in [7, 11) is 1.50. The largest absolute Gasteiger partial charge is 0.467 e. The van der Waals surface area contributed by atoms with Crippen molar-refractivity contribution in [2.75, 3.05) is 18.6 Å². The fourth-order valence-electron chi connectivity index (χ4n) is 1.49. The van der Waals surface area contributed by atoms with Crippen LogP contribution >= 0.6 is 12.6 Å². The molecule has 80 valence electrons. The van der Waals surface area contributed by atoms with Crippen molar-refractivity contribution in [1.29, 1.82) is 0 Å². The highest BCUT2D eigenvalue weighted by Gasteiger charge is 2.28. The third kappa shape index (κ3) is 2.04. The number of methoxy groups -OCH3 is 1. The molecule has 1 atom stereocenters. The lowest BCUT2D eigenvalue weighted by Gasteiger charge is -2.14. The molecule has 1 unspecified atom stereocenters. The number of anilines is 1. The van der Waals surface area contributed by atoms with Gasteiger partial charge in [-0.05, 0) is 0 Å². The molecule has 15 heavy (non-hydrogen) atoms. The number of carbonyl (C=O) groups is 1. The summed E-state index contributed by atoms with van der Waals surface area (Å²) in [6.07, 6.45) is 3.63. The van der Waals surface area contributed by atoms with Crippen molar-refractivity contribution in [3.05, 3.63) is 12.4 Å². The third-order valence-corrected chi connectivity index (χ3v) is 2.56. The minimum absolute atomic E-state index is 0.0590. The number of thiol groups is 1. The Morgan fingerprint density at radius 2 is 2.20 bits per heavy atom. The van der Waals surface area contributed by atoms with E-state index in [1.165, 1.54) is 7.11 Å². The van der Waals surface area contributed by atoms with Gasteiger partial charge in [0.25, 0.3) is 0 Å². The van der Waals surface area contributed by atoms with Crippen LogP contribution in [0.5, 0.6) is 6.01 Å². The Morgan fingerprint density at radius 3 is 2.67 bits per heavy atom. The molecule has 0 radical (unpaired) electrons. The van der Waals surface area contributed by atoms with E-state index >= 15 is 0 Å². The lowest BCUT2D eigenvalue weighted by Crippen LogP contribution is -2.24. The van der Waals surface area contributed by atoms with E-state index in [9.17, 15) is 4.79 Å². The molecule has 0 N–H and O–H groups in total. The Kier molecular flexibility index (Phi) is 2.77. The zero-order valence-electron chi connectivity index (χ0n) is 8.25. The van der Waals surface area contributed by atoms with E-state index in [2.05, 4.69) is 22.6 Å². The minimum atomic E-state index is 0.0590. The van der Waals surface area contributed by atoms with Gasteiger partial charge in [0.2, 0.25) is 5.91 Å². The van der Waals surface area contributed by atoms with E-state index < -0.39 is 0 Å². The van der Waals surface area contributed by atoms with Crippen molar-refractivity contribution < 1.29 is 9.53 Å². The lowest BCUT2D eigenvalue weighted by atomic mass is 10.4. The number of amides is 1. The monoisotopic (exact) mass is 225 g/mol. The zero-order valence-corrected chi connectivity index (χ0v) is 9.15. The molecule has 0 saturated carbocycles. The molecule has 5 nitrogen and oxygen atoms in total. The normalized spacial score (nSPS) is 20.8. The molecule has 1 aliphatic heterocycles. The molecule has 1 fully saturated rings. The molecule has 2 heterocycles. The Hall–Kier alpha value is -1.30. The fraction of sp³-hybridized carbons (Fsp3) is 0.444. The van der Waals surface area contributed by atoms with E-state index in [0.29, 0.717) is 24.7 Å². The highest BCUT2D eigenvalue weighted by atomic mass is 32.1. The molecule has 2 rings (SSSR count). The summed E-state index contributed by atoms with van der Waals surface area (Å²) in [5.74, 6) is 0.0590. The molecular weight excluding hydrogens is 214 g/mol. The average molecular weight is 225 g/mol. The van der Waals surface area contributed by atoms with Crippen LogP contribution in [-0.4, -0.2) is 34.8 Å². The first-order valence-corrected chi connectivity index (χ1v) is 5.07. The van der Waals surface area contributed by atoms with E-state index in [-0.39, 0.29) is 11.2 Å². The number of ether oxygens (including phenoxy) is 1.